The van der Waals surface area contributed by atoms with Crippen LogP contribution in [0.25, 0.3) is 16.3 Å². The first-order valence-electron chi connectivity index (χ1n) is 5.00. The second-order valence-electron chi connectivity index (χ2n) is 3.74. The van der Waals surface area contributed by atoms with Crippen LogP contribution in [-0.2, 0) is 0 Å². The molecule has 0 atom stereocenters. The van der Waals surface area contributed by atoms with Crippen LogP contribution in [0.3, 0.4) is 0 Å². The lowest BCUT2D eigenvalue weighted by Gasteiger charge is -2.00. The third-order valence-corrected chi connectivity index (χ3v) is 2.71. The highest BCUT2D eigenvalue weighted by atomic mass is 16.3. The lowest BCUT2D eigenvalue weighted by molar-refractivity contribution is -0.511. The summed E-state index contributed by atoms with van der Waals surface area (Å²) in [5.41, 5.74) is 0.869. The normalized spacial score (nSPS) is 11.0. The van der Waals surface area contributed by atoms with Crippen LogP contribution < -0.4 is 4.40 Å². The van der Waals surface area contributed by atoms with Gasteiger partial charge in [0.05, 0.1) is 11.5 Å². The number of fused-ring (bicyclic) bond motifs is 3. The molecule has 0 saturated heterocycles. The topological polar surface area (TPSA) is 44.6 Å². The molecule has 3 nitrogen and oxygen atoms in total. The van der Waals surface area contributed by atoms with Crippen molar-refractivity contribution >= 4 is 16.3 Å². The zero-order valence-electron chi connectivity index (χ0n) is 8.46. The standard InChI is InChI=1S/C13H9NO2/c15-9-5-6-14-8-13(16)11-4-2-1-3-10(11)12(14)7-9/h1-8,16H/p+1. The van der Waals surface area contributed by atoms with Gasteiger partial charge in [-0.1, -0.05) is 18.2 Å². The molecule has 78 valence electrons. The molecule has 1 aromatic carbocycles. The Bertz CT molecular complexity index is 692. The molecule has 0 bridgehead atoms. The van der Waals surface area contributed by atoms with E-state index in [1.165, 1.54) is 0 Å². The van der Waals surface area contributed by atoms with E-state index in [9.17, 15) is 10.2 Å². The Hall–Kier alpha value is -2.29. The highest BCUT2D eigenvalue weighted by Crippen LogP contribution is 2.26. The number of hydrogen-bond donors (Lipinski definition) is 2. The third kappa shape index (κ3) is 1.18. The van der Waals surface area contributed by atoms with Gasteiger partial charge < -0.3 is 10.2 Å². The van der Waals surface area contributed by atoms with Gasteiger partial charge in [-0.05, 0) is 6.07 Å². The first-order chi connectivity index (χ1) is 7.75. The molecule has 0 amide bonds. The van der Waals surface area contributed by atoms with Gasteiger partial charge in [-0.15, -0.1) is 0 Å². The summed E-state index contributed by atoms with van der Waals surface area (Å²) < 4.78 is 1.79. The number of rotatable bonds is 0. The molecule has 3 aromatic rings. The number of pyridine rings is 2. The molecule has 16 heavy (non-hydrogen) atoms. The zero-order valence-corrected chi connectivity index (χ0v) is 8.46. The molecule has 2 aromatic heterocycles. The fourth-order valence-electron chi connectivity index (χ4n) is 1.96. The second-order valence-corrected chi connectivity index (χ2v) is 3.74. The molecule has 0 aliphatic heterocycles. The van der Waals surface area contributed by atoms with Gasteiger partial charge in [0, 0.05) is 11.5 Å². The minimum Gasteiger partial charge on any atom is -0.507 e. The van der Waals surface area contributed by atoms with Crippen molar-refractivity contribution in [1.82, 2.24) is 0 Å². The summed E-state index contributed by atoms with van der Waals surface area (Å²) in [6.45, 7) is 0. The van der Waals surface area contributed by atoms with Crippen molar-refractivity contribution in [3.8, 4) is 11.5 Å². The zero-order chi connectivity index (χ0) is 11.1. The molecule has 3 heteroatoms. The van der Waals surface area contributed by atoms with Crippen LogP contribution in [0.4, 0.5) is 0 Å². The van der Waals surface area contributed by atoms with Gasteiger partial charge in [0.2, 0.25) is 11.7 Å². The molecular formula is C13H10NO2+. The van der Waals surface area contributed by atoms with Gasteiger partial charge in [-0.2, -0.15) is 4.40 Å². The molecule has 0 unspecified atom stereocenters. The molecule has 0 aliphatic carbocycles. The van der Waals surface area contributed by atoms with Crippen molar-refractivity contribution in [2.24, 2.45) is 0 Å². The summed E-state index contributed by atoms with van der Waals surface area (Å²) in [6.07, 6.45) is 3.36. The molecule has 0 saturated carbocycles. The van der Waals surface area contributed by atoms with E-state index in [1.807, 2.05) is 24.3 Å². The maximum atomic E-state index is 9.86. The summed E-state index contributed by atoms with van der Waals surface area (Å²) in [5.74, 6) is 0.453. The molecule has 0 fully saturated rings. The predicted molar refractivity (Wildman–Crippen MR) is 60.4 cm³/mol. The molecule has 0 aliphatic rings. The quantitative estimate of drug-likeness (QED) is 0.442. The van der Waals surface area contributed by atoms with Crippen molar-refractivity contribution < 1.29 is 14.6 Å². The lowest BCUT2D eigenvalue weighted by atomic mass is 10.1. The Kier molecular flexibility index (Phi) is 1.74. The van der Waals surface area contributed by atoms with Crippen LogP contribution in [0.15, 0.2) is 48.8 Å². The smallest absolute Gasteiger partial charge is 0.222 e. The monoisotopic (exact) mass is 212 g/mol. The van der Waals surface area contributed by atoms with Crippen molar-refractivity contribution in [2.45, 2.75) is 0 Å². The highest BCUT2D eigenvalue weighted by molar-refractivity contribution is 5.97. The van der Waals surface area contributed by atoms with Gasteiger partial charge in [-0.25, -0.2) is 0 Å². The molecule has 3 rings (SSSR count). The molecule has 2 N–H and O–H groups in total. The number of aromatic hydroxyl groups is 2. The number of nitrogens with zero attached hydrogens (tertiary/aromatic N) is 1. The highest BCUT2D eigenvalue weighted by Gasteiger charge is 2.12. The van der Waals surface area contributed by atoms with E-state index in [0.29, 0.717) is 0 Å². The summed E-state index contributed by atoms with van der Waals surface area (Å²) in [6, 6.07) is 10.8. The van der Waals surface area contributed by atoms with Gasteiger partial charge in [0.25, 0.3) is 0 Å². The first kappa shape index (κ1) is 8.97. The average Bonchev–Trinajstić information content (AvgIpc) is 2.31. The van der Waals surface area contributed by atoms with Gasteiger partial charge in [0.1, 0.15) is 5.75 Å². The van der Waals surface area contributed by atoms with Gasteiger partial charge in [-0.3, -0.25) is 0 Å². The molecule has 0 radical (unpaired) electrons. The third-order valence-electron chi connectivity index (χ3n) is 2.71. The fourth-order valence-corrected chi connectivity index (χ4v) is 1.96. The molecular weight excluding hydrogens is 202 g/mol. The van der Waals surface area contributed by atoms with Crippen LogP contribution in [0.1, 0.15) is 0 Å². The Morgan fingerprint density at radius 3 is 2.50 bits per heavy atom. The van der Waals surface area contributed by atoms with E-state index < -0.39 is 0 Å². The van der Waals surface area contributed by atoms with Crippen LogP contribution in [0.2, 0.25) is 0 Å². The van der Waals surface area contributed by atoms with Crippen LogP contribution in [-0.4, -0.2) is 10.2 Å². The summed E-state index contributed by atoms with van der Waals surface area (Å²) >= 11 is 0. The Balaban J connectivity index is 2.61. The van der Waals surface area contributed by atoms with E-state index in [-0.39, 0.29) is 11.5 Å². The van der Waals surface area contributed by atoms with E-state index >= 15 is 0 Å². The number of aromatic nitrogens is 1. The lowest BCUT2D eigenvalue weighted by Crippen LogP contribution is -2.20. The fraction of sp³-hybridized carbons (Fsp3) is 0. The molecule has 2 heterocycles. The van der Waals surface area contributed by atoms with E-state index in [1.54, 1.807) is 28.9 Å². The average molecular weight is 212 g/mol. The number of benzene rings is 1. The van der Waals surface area contributed by atoms with Crippen LogP contribution in [0, 0.1) is 0 Å². The van der Waals surface area contributed by atoms with E-state index in [0.717, 1.165) is 16.3 Å². The maximum absolute atomic E-state index is 9.86. The predicted octanol–water partition coefficient (Wildman–Crippen LogP) is 1.99. The Morgan fingerprint density at radius 1 is 0.938 bits per heavy atom. The summed E-state index contributed by atoms with van der Waals surface area (Å²) in [7, 11) is 0. The largest absolute Gasteiger partial charge is 0.507 e. The first-order valence-corrected chi connectivity index (χ1v) is 5.00. The SMILES string of the molecule is Oc1cc[n+]2cc(O)c3ccccc3c2c1. The van der Waals surface area contributed by atoms with Crippen molar-refractivity contribution in [1.29, 1.82) is 0 Å². The maximum Gasteiger partial charge on any atom is 0.222 e. The van der Waals surface area contributed by atoms with Gasteiger partial charge >= 0.3 is 0 Å². The van der Waals surface area contributed by atoms with Gasteiger partial charge in [0.15, 0.2) is 11.9 Å². The van der Waals surface area contributed by atoms with Crippen molar-refractivity contribution in [2.75, 3.05) is 0 Å². The van der Waals surface area contributed by atoms with Crippen LogP contribution >= 0.6 is 0 Å². The van der Waals surface area contributed by atoms with Crippen molar-refractivity contribution in [3.05, 3.63) is 48.8 Å². The Labute approximate surface area is 91.8 Å². The molecule has 0 spiro atoms. The van der Waals surface area contributed by atoms with E-state index in [2.05, 4.69) is 0 Å². The Morgan fingerprint density at radius 2 is 1.69 bits per heavy atom. The van der Waals surface area contributed by atoms with E-state index in [4.69, 9.17) is 0 Å². The number of hydrogen-bond acceptors (Lipinski definition) is 2. The summed E-state index contributed by atoms with van der Waals surface area (Å²) in [5, 5.41) is 21.0. The minimum absolute atomic E-state index is 0.218. The summed E-state index contributed by atoms with van der Waals surface area (Å²) in [4.78, 5) is 0. The minimum atomic E-state index is 0.218. The van der Waals surface area contributed by atoms with Crippen molar-refractivity contribution in [3.63, 3.8) is 0 Å². The van der Waals surface area contributed by atoms with Crippen LogP contribution in [0.5, 0.6) is 11.5 Å². The second kappa shape index (κ2) is 3.10.